The van der Waals surface area contributed by atoms with Gasteiger partial charge in [0.15, 0.2) is 0 Å². The first kappa shape index (κ1) is 19.9. The number of piperazine rings is 1. The van der Waals surface area contributed by atoms with E-state index < -0.39 is 0 Å². The van der Waals surface area contributed by atoms with Crippen molar-refractivity contribution < 1.29 is 4.74 Å². The third kappa shape index (κ3) is 3.99. The fraction of sp³-hybridized carbons (Fsp3) is 0.478. The molecule has 0 atom stereocenters. The van der Waals surface area contributed by atoms with E-state index >= 15 is 0 Å². The Kier molecular flexibility index (Phi) is 5.31. The molecule has 0 aliphatic carbocycles. The lowest BCUT2D eigenvalue weighted by atomic mass is 10.1. The number of ether oxygens (including phenoxy) is 1. The van der Waals surface area contributed by atoms with E-state index in [1.165, 1.54) is 16.9 Å². The first-order valence-corrected chi connectivity index (χ1v) is 11.0. The van der Waals surface area contributed by atoms with E-state index in [4.69, 9.17) is 4.74 Å². The maximum Gasteiger partial charge on any atom is 0.224 e. The molecule has 0 N–H and O–H groups in total. The Morgan fingerprint density at radius 2 is 1.68 bits per heavy atom. The monoisotopic (exact) mass is 419 g/mol. The highest BCUT2D eigenvalue weighted by molar-refractivity contribution is 5.86. The van der Waals surface area contributed by atoms with Crippen LogP contribution in [0.25, 0.3) is 10.9 Å². The van der Waals surface area contributed by atoms with Crippen LogP contribution in [0.3, 0.4) is 0 Å². The van der Waals surface area contributed by atoms with Crippen LogP contribution in [-0.4, -0.2) is 70.7 Å². The lowest BCUT2D eigenvalue weighted by Crippen LogP contribution is -2.47. The summed E-state index contributed by atoms with van der Waals surface area (Å²) in [5.41, 5.74) is 4.59. The number of benzene rings is 1. The molecule has 8 heteroatoms. The van der Waals surface area contributed by atoms with Crippen molar-refractivity contribution in [3.05, 3.63) is 42.1 Å². The number of rotatable bonds is 4. The lowest BCUT2D eigenvalue weighted by molar-refractivity contribution is 0.235. The predicted molar refractivity (Wildman–Crippen MR) is 122 cm³/mol. The molecule has 2 aliphatic heterocycles. The van der Waals surface area contributed by atoms with Gasteiger partial charge in [0.2, 0.25) is 5.88 Å². The summed E-state index contributed by atoms with van der Waals surface area (Å²) in [5, 5.41) is 0.962. The maximum absolute atomic E-state index is 5.91. The molecule has 2 aromatic heterocycles. The molecule has 0 spiro atoms. The van der Waals surface area contributed by atoms with Gasteiger partial charge in [-0.2, -0.15) is 0 Å². The first-order valence-electron chi connectivity index (χ1n) is 11.0. The van der Waals surface area contributed by atoms with E-state index in [0.29, 0.717) is 5.88 Å². The molecule has 1 aromatic carbocycles. The van der Waals surface area contributed by atoms with Gasteiger partial charge in [0, 0.05) is 56.9 Å². The van der Waals surface area contributed by atoms with Crippen LogP contribution in [0, 0.1) is 0 Å². The zero-order chi connectivity index (χ0) is 21.4. The molecule has 4 heterocycles. The summed E-state index contributed by atoms with van der Waals surface area (Å²) in [6, 6.07) is 6.36. The minimum Gasteiger partial charge on any atom is -0.474 e. The summed E-state index contributed by atoms with van der Waals surface area (Å²) in [4.78, 5) is 25.1. The van der Waals surface area contributed by atoms with Gasteiger partial charge in [0.05, 0.1) is 22.7 Å². The van der Waals surface area contributed by atoms with Gasteiger partial charge in [-0.05, 0) is 39.1 Å². The molecule has 8 nitrogen and oxygen atoms in total. The van der Waals surface area contributed by atoms with Gasteiger partial charge in [0.1, 0.15) is 18.5 Å². The highest BCUT2D eigenvalue weighted by Gasteiger charge is 2.25. The van der Waals surface area contributed by atoms with Crippen molar-refractivity contribution in [1.82, 2.24) is 24.8 Å². The number of hydrogen-bond acceptors (Lipinski definition) is 8. The Hall–Kier alpha value is -3.00. The maximum atomic E-state index is 5.91. The molecule has 0 unspecified atom stereocenters. The van der Waals surface area contributed by atoms with E-state index in [1.807, 2.05) is 13.8 Å². The van der Waals surface area contributed by atoms with Crippen molar-refractivity contribution in [2.75, 3.05) is 49.6 Å². The second kappa shape index (κ2) is 8.26. The van der Waals surface area contributed by atoms with Crippen LogP contribution in [0.1, 0.15) is 25.1 Å². The number of fused-ring (bicyclic) bond motifs is 2. The van der Waals surface area contributed by atoms with Crippen molar-refractivity contribution in [2.45, 2.75) is 32.9 Å². The minimum atomic E-state index is 0.0723. The van der Waals surface area contributed by atoms with Crippen molar-refractivity contribution in [3.63, 3.8) is 0 Å². The molecular weight excluding hydrogens is 390 g/mol. The van der Waals surface area contributed by atoms with Crippen molar-refractivity contribution in [3.8, 4) is 5.88 Å². The van der Waals surface area contributed by atoms with Crippen molar-refractivity contribution in [1.29, 1.82) is 0 Å². The van der Waals surface area contributed by atoms with Gasteiger partial charge in [-0.3, -0.25) is 0 Å². The van der Waals surface area contributed by atoms with Crippen LogP contribution in [0.2, 0.25) is 0 Å². The summed E-state index contributed by atoms with van der Waals surface area (Å²) in [5.74, 6) is 1.76. The minimum absolute atomic E-state index is 0.0723. The molecule has 31 heavy (non-hydrogen) atoms. The highest BCUT2D eigenvalue weighted by atomic mass is 16.5. The molecule has 0 radical (unpaired) electrons. The Morgan fingerprint density at radius 1 is 0.903 bits per heavy atom. The third-order valence-corrected chi connectivity index (χ3v) is 6.04. The van der Waals surface area contributed by atoms with E-state index in [-0.39, 0.29) is 6.10 Å². The van der Waals surface area contributed by atoms with Crippen molar-refractivity contribution >= 4 is 22.4 Å². The van der Waals surface area contributed by atoms with Crippen LogP contribution in [-0.2, 0) is 13.0 Å². The zero-order valence-corrected chi connectivity index (χ0v) is 18.5. The first-order chi connectivity index (χ1) is 15.1. The quantitative estimate of drug-likeness (QED) is 0.639. The van der Waals surface area contributed by atoms with Gasteiger partial charge in [0.25, 0.3) is 0 Å². The number of nitrogens with zero attached hydrogens (tertiary/aromatic N) is 7. The molecule has 1 saturated heterocycles. The summed E-state index contributed by atoms with van der Waals surface area (Å²) in [7, 11) is 2.17. The van der Waals surface area contributed by atoms with Crippen LogP contribution >= 0.6 is 0 Å². The van der Waals surface area contributed by atoms with E-state index in [2.05, 4.69) is 59.9 Å². The topological polar surface area (TPSA) is 70.5 Å². The smallest absolute Gasteiger partial charge is 0.224 e. The molecule has 3 aromatic rings. The number of aromatic nitrogens is 4. The van der Waals surface area contributed by atoms with E-state index in [0.717, 1.165) is 62.4 Å². The molecule has 0 amide bonds. The second-order valence-corrected chi connectivity index (χ2v) is 8.63. The molecule has 0 bridgehead atoms. The fourth-order valence-corrected chi connectivity index (χ4v) is 4.45. The summed E-state index contributed by atoms with van der Waals surface area (Å²) < 4.78 is 5.91. The number of hydrogen-bond donors (Lipinski definition) is 0. The molecule has 0 saturated carbocycles. The molecule has 2 aliphatic rings. The summed E-state index contributed by atoms with van der Waals surface area (Å²) in [6.07, 6.45) is 4.37. The normalized spacial score (nSPS) is 17.3. The Bertz CT molecular complexity index is 1080. The Morgan fingerprint density at radius 3 is 2.48 bits per heavy atom. The predicted octanol–water partition coefficient (Wildman–Crippen LogP) is 2.52. The van der Waals surface area contributed by atoms with Crippen LogP contribution in [0.15, 0.2) is 30.9 Å². The van der Waals surface area contributed by atoms with Gasteiger partial charge < -0.3 is 19.4 Å². The standard InChI is InChI=1S/C23H29N7O/c1-16(2)31-23-18-12-17(4-5-20(18)25-15-27-23)29-8-10-30(11-9-29)22-19-13-28(3)7-6-21(19)24-14-26-22/h4-5,12,14-16H,6-11,13H2,1-3H3. The summed E-state index contributed by atoms with van der Waals surface area (Å²) >= 11 is 0. The highest BCUT2D eigenvalue weighted by Crippen LogP contribution is 2.30. The molecule has 5 rings (SSSR count). The molecule has 162 valence electrons. The fourth-order valence-electron chi connectivity index (χ4n) is 4.45. The van der Waals surface area contributed by atoms with Crippen LogP contribution in [0.5, 0.6) is 5.88 Å². The Balaban J connectivity index is 1.35. The molecular formula is C23H29N7O. The van der Waals surface area contributed by atoms with E-state index in [1.54, 1.807) is 12.7 Å². The largest absolute Gasteiger partial charge is 0.474 e. The van der Waals surface area contributed by atoms with Crippen LogP contribution < -0.4 is 14.5 Å². The van der Waals surface area contributed by atoms with Crippen molar-refractivity contribution in [2.24, 2.45) is 0 Å². The SMILES string of the molecule is CC(C)Oc1ncnc2ccc(N3CCN(c4ncnc5c4CN(C)CC5)CC3)cc12. The second-order valence-electron chi connectivity index (χ2n) is 8.63. The van der Waals surface area contributed by atoms with Gasteiger partial charge in [-0.25, -0.2) is 19.9 Å². The average Bonchev–Trinajstić information content (AvgIpc) is 2.78. The molecule has 1 fully saturated rings. The Labute approximate surface area is 182 Å². The van der Waals surface area contributed by atoms with Gasteiger partial charge >= 0.3 is 0 Å². The summed E-state index contributed by atoms with van der Waals surface area (Å²) in [6.45, 7) is 9.77. The van der Waals surface area contributed by atoms with Crippen LogP contribution in [0.4, 0.5) is 11.5 Å². The van der Waals surface area contributed by atoms with Gasteiger partial charge in [-0.1, -0.05) is 0 Å². The average molecular weight is 420 g/mol. The van der Waals surface area contributed by atoms with Gasteiger partial charge in [-0.15, -0.1) is 0 Å². The zero-order valence-electron chi connectivity index (χ0n) is 18.5. The third-order valence-electron chi connectivity index (χ3n) is 6.04. The number of anilines is 2. The lowest BCUT2D eigenvalue weighted by Gasteiger charge is -2.38. The number of likely N-dealkylation sites (N-methyl/N-ethyl adjacent to an activating group) is 1. The van der Waals surface area contributed by atoms with E-state index in [9.17, 15) is 0 Å².